The third-order valence-corrected chi connectivity index (χ3v) is 4.49. The van der Waals surface area contributed by atoms with Crippen molar-refractivity contribution in [1.29, 1.82) is 0 Å². The third kappa shape index (κ3) is 6.28. The Morgan fingerprint density at radius 1 is 1.08 bits per heavy atom. The molecule has 2 aromatic rings. The molecule has 0 spiro atoms. The minimum atomic E-state index is 0. The maximum atomic E-state index is 5.74. The molecule has 0 aliphatic rings. The van der Waals surface area contributed by atoms with Crippen LogP contribution in [0, 0.1) is 0 Å². The normalized spacial score (nSPS) is 10.2. The summed E-state index contributed by atoms with van der Waals surface area (Å²) in [6, 6.07) is 12.3. The molecule has 0 amide bonds. The van der Waals surface area contributed by atoms with E-state index in [0.717, 1.165) is 45.5 Å². The SMILES string of the molecule is CCOc1c(Br)cc(Br)cc1CNCCc1ccc(OC)cc1.Cl. The van der Waals surface area contributed by atoms with Gasteiger partial charge in [0.05, 0.1) is 18.2 Å². The molecule has 3 nitrogen and oxygen atoms in total. The molecule has 0 aliphatic carbocycles. The molecule has 0 fully saturated rings. The van der Waals surface area contributed by atoms with Crippen LogP contribution in [0.15, 0.2) is 45.3 Å². The Kier molecular flexibility index (Phi) is 9.74. The summed E-state index contributed by atoms with van der Waals surface area (Å²) in [5.41, 5.74) is 2.43. The van der Waals surface area contributed by atoms with E-state index in [1.165, 1.54) is 5.56 Å². The van der Waals surface area contributed by atoms with Gasteiger partial charge >= 0.3 is 0 Å². The minimum absolute atomic E-state index is 0. The van der Waals surface area contributed by atoms with Crippen LogP contribution in [0.2, 0.25) is 0 Å². The molecule has 0 saturated carbocycles. The van der Waals surface area contributed by atoms with Crippen molar-refractivity contribution < 1.29 is 9.47 Å². The van der Waals surface area contributed by atoms with Crippen molar-refractivity contribution in [2.45, 2.75) is 19.9 Å². The van der Waals surface area contributed by atoms with E-state index in [4.69, 9.17) is 9.47 Å². The van der Waals surface area contributed by atoms with Gasteiger partial charge in [0.25, 0.3) is 0 Å². The van der Waals surface area contributed by atoms with Crippen LogP contribution in [-0.4, -0.2) is 20.3 Å². The lowest BCUT2D eigenvalue weighted by Gasteiger charge is -2.14. The Hall–Kier alpha value is -0.750. The molecule has 0 atom stereocenters. The van der Waals surface area contributed by atoms with Crippen LogP contribution in [0.3, 0.4) is 0 Å². The number of ether oxygens (including phenoxy) is 2. The van der Waals surface area contributed by atoms with Crippen LogP contribution in [0.5, 0.6) is 11.5 Å². The zero-order valence-electron chi connectivity index (χ0n) is 13.8. The number of hydrogen-bond acceptors (Lipinski definition) is 3. The van der Waals surface area contributed by atoms with Crippen molar-refractivity contribution in [2.24, 2.45) is 0 Å². The molecule has 1 N–H and O–H groups in total. The van der Waals surface area contributed by atoms with Gasteiger partial charge in [0.15, 0.2) is 0 Å². The van der Waals surface area contributed by atoms with E-state index >= 15 is 0 Å². The molecule has 0 unspecified atom stereocenters. The Morgan fingerprint density at radius 2 is 1.79 bits per heavy atom. The lowest BCUT2D eigenvalue weighted by Crippen LogP contribution is -2.17. The van der Waals surface area contributed by atoms with E-state index < -0.39 is 0 Å². The zero-order valence-corrected chi connectivity index (χ0v) is 17.8. The summed E-state index contributed by atoms with van der Waals surface area (Å²) < 4.78 is 12.9. The summed E-state index contributed by atoms with van der Waals surface area (Å²) in [5.74, 6) is 1.80. The molecule has 0 aliphatic heterocycles. The maximum absolute atomic E-state index is 5.74. The molecule has 132 valence electrons. The van der Waals surface area contributed by atoms with E-state index in [-0.39, 0.29) is 12.4 Å². The molecular weight excluding hydrogens is 457 g/mol. The molecule has 0 heterocycles. The van der Waals surface area contributed by atoms with Crippen molar-refractivity contribution in [3.8, 4) is 11.5 Å². The number of hydrogen-bond donors (Lipinski definition) is 1. The summed E-state index contributed by atoms with van der Waals surface area (Å²) >= 11 is 7.10. The quantitative estimate of drug-likeness (QED) is 0.516. The first kappa shape index (κ1) is 21.3. The van der Waals surface area contributed by atoms with Gasteiger partial charge in [-0.1, -0.05) is 28.1 Å². The highest BCUT2D eigenvalue weighted by atomic mass is 79.9. The summed E-state index contributed by atoms with van der Waals surface area (Å²) in [5, 5.41) is 3.48. The van der Waals surface area contributed by atoms with Gasteiger partial charge in [0.2, 0.25) is 0 Å². The monoisotopic (exact) mass is 477 g/mol. The van der Waals surface area contributed by atoms with E-state index in [2.05, 4.69) is 55.4 Å². The van der Waals surface area contributed by atoms with Crippen LogP contribution in [0.4, 0.5) is 0 Å². The molecule has 0 saturated heterocycles. The van der Waals surface area contributed by atoms with Gasteiger partial charge in [-0.2, -0.15) is 0 Å². The highest BCUT2D eigenvalue weighted by Crippen LogP contribution is 2.32. The van der Waals surface area contributed by atoms with Crippen LogP contribution in [-0.2, 0) is 13.0 Å². The molecule has 2 rings (SSSR count). The Labute approximate surface area is 166 Å². The van der Waals surface area contributed by atoms with Crippen LogP contribution in [0.1, 0.15) is 18.1 Å². The summed E-state index contributed by atoms with van der Waals surface area (Å²) in [6.45, 7) is 4.32. The average Bonchev–Trinajstić information content (AvgIpc) is 2.55. The van der Waals surface area contributed by atoms with Gasteiger partial charge in [-0.3, -0.25) is 0 Å². The summed E-state index contributed by atoms with van der Waals surface area (Å²) in [4.78, 5) is 0. The highest BCUT2D eigenvalue weighted by molar-refractivity contribution is 9.11. The van der Waals surface area contributed by atoms with E-state index in [9.17, 15) is 0 Å². The van der Waals surface area contributed by atoms with Gasteiger partial charge in [-0.15, -0.1) is 12.4 Å². The number of halogens is 3. The first-order valence-corrected chi connectivity index (χ1v) is 9.17. The molecule has 6 heteroatoms. The van der Waals surface area contributed by atoms with Gasteiger partial charge < -0.3 is 14.8 Å². The minimum Gasteiger partial charge on any atom is -0.497 e. The van der Waals surface area contributed by atoms with Gasteiger partial charge in [0.1, 0.15) is 11.5 Å². The third-order valence-electron chi connectivity index (χ3n) is 3.44. The van der Waals surface area contributed by atoms with Crippen molar-refractivity contribution in [3.63, 3.8) is 0 Å². The van der Waals surface area contributed by atoms with Crippen LogP contribution in [0.25, 0.3) is 0 Å². The second kappa shape index (κ2) is 11.0. The second-order valence-electron chi connectivity index (χ2n) is 5.08. The van der Waals surface area contributed by atoms with E-state index in [1.807, 2.05) is 25.1 Å². The average molecular weight is 480 g/mol. The molecule has 2 aromatic carbocycles. The molecule has 0 aromatic heterocycles. The van der Waals surface area contributed by atoms with Crippen LogP contribution >= 0.6 is 44.3 Å². The summed E-state index contributed by atoms with van der Waals surface area (Å²) in [7, 11) is 1.68. The molecule has 24 heavy (non-hydrogen) atoms. The van der Waals surface area contributed by atoms with Gasteiger partial charge in [0, 0.05) is 16.6 Å². The Morgan fingerprint density at radius 3 is 2.42 bits per heavy atom. The predicted octanol–water partition coefficient (Wildman–Crippen LogP) is 5.37. The van der Waals surface area contributed by atoms with Crippen molar-refractivity contribution in [1.82, 2.24) is 5.32 Å². The van der Waals surface area contributed by atoms with Crippen molar-refractivity contribution >= 4 is 44.3 Å². The number of rotatable bonds is 8. The molecule has 0 bridgehead atoms. The predicted molar refractivity (Wildman–Crippen MR) is 109 cm³/mol. The second-order valence-corrected chi connectivity index (χ2v) is 6.85. The van der Waals surface area contributed by atoms with E-state index in [0.29, 0.717) is 6.61 Å². The standard InChI is InChI=1S/C18H21Br2NO2.ClH/c1-3-23-18-14(10-15(19)11-17(18)20)12-21-9-8-13-4-6-16(22-2)7-5-13;/h4-7,10-11,21H,3,8-9,12H2,1-2H3;1H. The fourth-order valence-corrected chi connectivity index (χ4v) is 3.73. The van der Waals surface area contributed by atoms with Crippen LogP contribution < -0.4 is 14.8 Å². The van der Waals surface area contributed by atoms with Crippen molar-refractivity contribution in [3.05, 3.63) is 56.5 Å². The Bertz CT molecular complexity index is 636. The highest BCUT2D eigenvalue weighted by Gasteiger charge is 2.09. The largest absolute Gasteiger partial charge is 0.497 e. The zero-order chi connectivity index (χ0) is 16.7. The molecule has 0 radical (unpaired) electrons. The lowest BCUT2D eigenvalue weighted by atomic mass is 10.1. The Balaban J connectivity index is 0.00000288. The first-order valence-electron chi connectivity index (χ1n) is 7.58. The molecular formula is C18H22Br2ClNO2. The topological polar surface area (TPSA) is 30.5 Å². The fourth-order valence-electron chi connectivity index (χ4n) is 2.30. The summed E-state index contributed by atoms with van der Waals surface area (Å²) in [6.07, 6.45) is 0.975. The number of benzene rings is 2. The smallest absolute Gasteiger partial charge is 0.138 e. The van der Waals surface area contributed by atoms with Gasteiger partial charge in [-0.05, 0) is 65.6 Å². The number of nitrogens with one attached hydrogen (secondary N) is 1. The number of methoxy groups -OCH3 is 1. The first-order chi connectivity index (χ1) is 11.1. The fraction of sp³-hybridized carbons (Fsp3) is 0.333. The maximum Gasteiger partial charge on any atom is 0.138 e. The lowest BCUT2D eigenvalue weighted by molar-refractivity contribution is 0.333. The van der Waals surface area contributed by atoms with E-state index in [1.54, 1.807) is 7.11 Å². The van der Waals surface area contributed by atoms with Crippen molar-refractivity contribution in [2.75, 3.05) is 20.3 Å². The van der Waals surface area contributed by atoms with Gasteiger partial charge in [-0.25, -0.2) is 0 Å².